The summed E-state index contributed by atoms with van der Waals surface area (Å²) in [6, 6.07) is -6.14. The molecule has 0 fully saturated rings. The van der Waals surface area contributed by atoms with E-state index in [4.69, 9.17) is 26.2 Å². The lowest BCUT2D eigenvalue weighted by Gasteiger charge is -2.24. The van der Waals surface area contributed by atoms with Crippen molar-refractivity contribution in [1.82, 2.24) is 16.0 Å². The Kier molecular flexibility index (Phi) is 12.8. The zero-order valence-electron chi connectivity index (χ0n) is 16.6. The maximum absolute atomic E-state index is 12.5. The number of aliphatic carboxylic acids is 3. The number of carbonyl (C=O) groups excluding carboxylic acids is 3. The van der Waals surface area contributed by atoms with Crippen molar-refractivity contribution in [3.8, 4) is 0 Å². The topological polar surface area (TPSA) is 245 Å². The van der Waals surface area contributed by atoms with Crippen molar-refractivity contribution in [2.24, 2.45) is 5.73 Å². The highest BCUT2D eigenvalue weighted by Crippen LogP contribution is 2.04. The van der Waals surface area contributed by atoms with Crippen molar-refractivity contribution in [3.05, 3.63) is 0 Å². The SMILES string of the molecule is CSCCC(NC(=O)C(CC(=O)O)NC(=O)C(N)CC(=O)O)C(=O)NC(CO)C(=O)O. The second kappa shape index (κ2) is 14.2. The van der Waals surface area contributed by atoms with Gasteiger partial charge in [0.05, 0.1) is 25.5 Å². The Balaban J connectivity index is 5.40. The van der Waals surface area contributed by atoms with Crippen LogP contribution in [0.15, 0.2) is 0 Å². The Morgan fingerprint density at radius 3 is 1.74 bits per heavy atom. The van der Waals surface area contributed by atoms with E-state index in [0.717, 1.165) is 0 Å². The number of nitrogens with two attached hydrogens (primary N) is 1. The lowest BCUT2D eigenvalue weighted by Crippen LogP contribution is -2.58. The van der Waals surface area contributed by atoms with Gasteiger partial charge in [0.2, 0.25) is 17.7 Å². The summed E-state index contributed by atoms with van der Waals surface area (Å²) in [7, 11) is 0. The van der Waals surface area contributed by atoms with E-state index in [1.54, 1.807) is 6.26 Å². The van der Waals surface area contributed by atoms with Gasteiger partial charge in [-0.3, -0.25) is 24.0 Å². The van der Waals surface area contributed by atoms with Gasteiger partial charge in [-0.05, 0) is 18.4 Å². The summed E-state index contributed by atoms with van der Waals surface area (Å²) >= 11 is 1.31. The molecule has 0 aliphatic heterocycles. The van der Waals surface area contributed by atoms with Gasteiger partial charge in [-0.25, -0.2) is 4.79 Å². The van der Waals surface area contributed by atoms with Crippen molar-refractivity contribution < 1.29 is 49.2 Å². The third-order valence-corrected chi connectivity index (χ3v) is 4.43. The predicted octanol–water partition coefficient (Wildman–Crippen LogP) is -3.45. The fraction of sp³-hybridized carbons (Fsp3) is 0.625. The Morgan fingerprint density at radius 1 is 0.806 bits per heavy atom. The van der Waals surface area contributed by atoms with Crippen LogP contribution >= 0.6 is 11.8 Å². The standard InChI is InChI=1S/C16H26N4O10S/c1-31-3-2-8(14(27)20-10(6-21)16(29)30)18-15(28)9(5-12(24)25)19-13(26)7(17)4-11(22)23/h7-10,21H,2-6,17H2,1H3,(H,18,28)(H,19,26)(H,20,27)(H,22,23)(H,24,25)(H,29,30). The van der Waals surface area contributed by atoms with Crippen LogP contribution < -0.4 is 21.7 Å². The third-order valence-electron chi connectivity index (χ3n) is 3.78. The Morgan fingerprint density at radius 2 is 1.29 bits per heavy atom. The van der Waals surface area contributed by atoms with Gasteiger partial charge in [0.1, 0.15) is 18.1 Å². The second-order valence-electron chi connectivity index (χ2n) is 6.29. The van der Waals surface area contributed by atoms with E-state index < -0.39 is 79.2 Å². The first-order valence-corrected chi connectivity index (χ1v) is 10.2. The predicted molar refractivity (Wildman–Crippen MR) is 106 cm³/mol. The Bertz CT molecular complexity index is 689. The number of amides is 3. The number of aliphatic hydroxyl groups is 1. The molecule has 0 radical (unpaired) electrons. The zero-order chi connectivity index (χ0) is 24.1. The molecular weight excluding hydrogens is 440 g/mol. The first kappa shape index (κ1) is 28.1. The molecule has 0 saturated heterocycles. The second-order valence-corrected chi connectivity index (χ2v) is 7.27. The molecule has 0 aliphatic carbocycles. The van der Waals surface area contributed by atoms with E-state index in [-0.39, 0.29) is 6.42 Å². The van der Waals surface area contributed by atoms with Gasteiger partial charge < -0.3 is 42.1 Å². The molecule has 4 unspecified atom stereocenters. The zero-order valence-corrected chi connectivity index (χ0v) is 17.4. The summed E-state index contributed by atoms with van der Waals surface area (Å²) < 4.78 is 0. The van der Waals surface area contributed by atoms with Gasteiger partial charge >= 0.3 is 17.9 Å². The number of carboxylic acids is 3. The summed E-state index contributed by atoms with van der Waals surface area (Å²) in [6.07, 6.45) is 0.0942. The molecule has 0 heterocycles. The van der Waals surface area contributed by atoms with Crippen molar-refractivity contribution in [2.75, 3.05) is 18.6 Å². The van der Waals surface area contributed by atoms with Crippen LogP contribution in [0.3, 0.4) is 0 Å². The quantitative estimate of drug-likeness (QED) is 0.117. The maximum atomic E-state index is 12.5. The molecule has 31 heavy (non-hydrogen) atoms. The van der Waals surface area contributed by atoms with Crippen molar-refractivity contribution >= 4 is 47.4 Å². The van der Waals surface area contributed by atoms with Crippen LogP contribution in [0.4, 0.5) is 0 Å². The number of nitrogens with one attached hydrogen (secondary N) is 3. The minimum Gasteiger partial charge on any atom is -0.481 e. The van der Waals surface area contributed by atoms with Gasteiger partial charge in [0.25, 0.3) is 0 Å². The number of aliphatic hydroxyl groups excluding tert-OH is 1. The fourth-order valence-electron chi connectivity index (χ4n) is 2.18. The molecule has 3 amide bonds. The molecule has 15 heteroatoms. The molecule has 14 nitrogen and oxygen atoms in total. The fourth-order valence-corrected chi connectivity index (χ4v) is 2.65. The maximum Gasteiger partial charge on any atom is 0.328 e. The van der Waals surface area contributed by atoms with E-state index >= 15 is 0 Å². The lowest BCUT2D eigenvalue weighted by atomic mass is 10.1. The monoisotopic (exact) mass is 466 g/mol. The van der Waals surface area contributed by atoms with E-state index in [1.165, 1.54) is 11.8 Å². The van der Waals surface area contributed by atoms with E-state index in [2.05, 4.69) is 5.32 Å². The minimum atomic E-state index is -1.68. The summed E-state index contributed by atoms with van der Waals surface area (Å²) in [5.41, 5.74) is 5.39. The van der Waals surface area contributed by atoms with Crippen molar-refractivity contribution in [1.29, 1.82) is 0 Å². The summed E-state index contributed by atoms with van der Waals surface area (Å²) in [5.74, 6) is -7.10. The van der Waals surface area contributed by atoms with Gasteiger partial charge in [-0.1, -0.05) is 0 Å². The molecule has 0 bridgehead atoms. The van der Waals surface area contributed by atoms with Crippen LogP contribution in [0.5, 0.6) is 0 Å². The third kappa shape index (κ3) is 11.2. The van der Waals surface area contributed by atoms with Gasteiger partial charge in [-0.15, -0.1) is 0 Å². The highest BCUT2D eigenvalue weighted by Gasteiger charge is 2.31. The normalized spacial score (nSPS) is 14.4. The van der Waals surface area contributed by atoms with Gasteiger partial charge in [0.15, 0.2) is 0 Å². The van der Waals surface area contributed by atoms with Gasteiger partial charge in [0, 0.05) is 0 Å². The minimum absolute atomic E-state index is 0.0305. The average Bonchev–Trinajstić information content (AvgIpc) is 2.66. The van der Waals surface area contributed by atoms with E-state index in [0.29, 0.717) is 5.75 Å². The smallest absolute Gasteiger partial charge is 0.328 e. The van der Waals surface area contributed by atoms with Crippen LogP contribution in [-0.2, 0) is 28.8 Å². The van der Waals surface area contributed by atoms with Crippen molar-refractivity contribution in [3.63, 3.8) is 0 Å². The Labute approximate surface area is 180 Å². The molecule has 0 saturated carbocycles. The molecule has 0 aliphatic rings. The number of hydrogen-bond donors (Lipinski definition) is 8. The summed E-state index contributed by atoms with van der Waals surface area (Å²) in [5, 5.41) is 41.9. The largest absolute Gasteiger partial charge is 0.481 e. The van der Waals surface area contributed by atoms with E-state index in [9.17, 15) is 28.8 Å². The van der Waals surface area contributed by atoms with Crippen LogP contribution in [-0.4, -0.2) is 98.8 Å². The molecule has 176 valence electrons. The highest BCUT2D eigenvalue weighted by atomic mass is 32.2. The first-order chi connectivity index (χ1) is 14.4. The number of hydrogen-bond acceptors (Lipinski definition) is 9. The average molecular weight is 466 g/mol. The number of thioether (sulfide) groups is 1. The lowest BCUT2D eigenvalue weighted by molar-refractivity contribution is -0.144. The molecule has 0 spiro atoms. The molecule has 4 atom stereocenters. The highest BCUT2D eigenvalue weighted by molar-refractivity contribution is 7.98. The molecule has 0 rings (SSSR count). The van der Waals surface area contributed by atoms with Crippen LogP contribution in [0.25, 0.3) is 0 Å². The van der Waals surface area contributed by atoms with Gasteiger partial charge in [-0.2, -0.15) is 11.8 Å². The number of rotatable bonds is 15. The van der Waals surface area contributed by atoms with Crippen LogP contribution in [0, 0.1) is 0 Å². The summed E-state index contributed by atoms with van der Waals surface area (Å²) in [6.45, 7) is -0.899. The van der Waals surface area contributed by atoms with Crippen molar-refractivity contribution in [2.45, 2.75) is 43.4 Å². The Hall–Kier alpha value is -2.91. The van der Waals surface area contributed by atoms with Crippen LogP contribution in [0.1, 0.15) is 19.3 Å². The molecule has 9 N–H and O–H groups in total. The molecular formula is C16H26N4O10S. The molecule has 0 aromatic rings. The number of carbonyl (C=O) groups is 6. The number of carboxylic acid groups (broad SMARTS) is 3. The molecule has 0 aromatic heterocycles. The molecule has 0 aromatic carbocycles. The summed E-state index contributed by atoms with van der Waals surface area (Å²) in [4.78, 5) is 69.6. The first-order valence-electron chi connectivity index (χ1n) is 8.85. The van der Waals surface area contributed by atoms with Crippen LogP contribution in [0.2, 0.25) is 0 Å². The van der Waals surface area contributed by atoms with E-state index in [1.807, 2.05) is 10.6 Å².